The Hall–Kier alpha value is -2.17. The highest BCUT2D eigenvalue weighted by Gasteiger charge is 2.24. The summed E-state index contributed by atoms with van der Waals surface area (Å²) in [5.74, 6) is 0.764. The molecule has 0 amide bonds. The number of fused-ring (bicyclic) bond motifs is 1. The van der Waals surface area contributed by atoms with Crippen LogP contribution in [-0.4, -0.2) is 0 Å². The minimum Gasteiger partial charge on any atom is -0.110 e. The largest absolute Gasteiger partial charge is 0.110 e. The fraction of sp³-hybridized carbons (Fsp3) is 0.474. The lowest BCUT2D eigenvalue weighted by Crippen LogP contribution is -2.14. The van der Waals surface area contributed by atoms with Crippen molar-refractivity contribution in [3.05, 3.63) is 105 Å². The fourth-order valence-electron chi connectivity index (χ4n) is 6.85. The zero-order valence-electron chi connectivity index (χ0n) is 25.3. The van der Waals surface area contributed by atoms with E-state index in [9.17, 15) is 0 Å². The third-order valence-electron chi connectivity index (χ3n) is 9.22. The van der Waals surface area contributed by atoms with Gasteiger partial charge in [0.2, 0.25) is 0 Å². The Bertz CT molecular complexity index is 1250. The van der Waals surface area contributed by atoms with E-state index in [1.807, 2.05) is 6.08 Å². The van der Waals surface area contributed by atoms with E-state index in [0.717, 1.165) is 31.6 Å². The molecule has 2 aliphatic rings. The Morgan fingerprint density at radius 3 is 2.38 bits per heavy atom. The van der Waals surface area contributed by atoms with Crippen molar-refractivity contribution in [3.8, 4) is 0 Å². The summed E-state index contributed by atoms with van der Waals surface area (Å²) in [7, 11) is 2.94. The molecule has 2 aromatic rings. The highest BCUT2D eigenvalue weighted by molar-refractivity contribution is 7.22. The molecule has 39 heavy (non-hydrogen) atoms. The Balaban J connectivity index is 1.69. The molecule has 1 heteroatoms. The van der Waals surface area contributed by atoms with Gasteiger partial charge >= 0.3 is 0 Å². The average molecular weight is 539 g/mol. The lowest BCUT2D eigenvalue weighted by atomic mass is 9.79. The predicted octanol–water partition coefficient (Wildman–Crippen LogP) is 11.5. The number of hydrogen-bond donors (Lipinski definition) is 0. The molecular weight excluding hydrogens is 487 g/mol. The lowest BCUT2D eigenvalue weighted by Gasteiger charge is -2.26. The molecule has 0 aliphatic heterocycles. The second-order valence-electron chi connectivity index (χ2n) is 12.8. The van der Waals surface area contributed by atoms with Crippen LogP contribution in [0.15, 0.2) is 77.2 Å². The molecule has 0 spiro atoms. The molecule has 2 aromatic carbocycles. The summed E-state index contributed by atoms with van der Waals surface area (Å²) in [5.41, 5.74) is 13.5. The van der Waals surface area contributed by atoms with Gasteiger partial charge in [-0.2, -0.15) is 0 Å². The van der Waals surface area contributed by atoms with Gasteiger partial charge in [-0.25, -0.2) is 0 Å². The van der Waals surface area contributed by atoms with E-state index < -0.39 is 0 Å². The van der Waals surface area contributed by atoms with Crippen molar-refractivity contribution in [2.75, 3.05) is 0 Å². The zero-order valence-corrected chi connectivity index (χ0v) is 26.5. The van der Waals surface area contributed by atoms with Gasteiger partial charge in [0, 0.05) is 0 Å². The van der Waals surface area contributed by atoms with Crippen LogP contribution in [-0.2, 0) is 12.8 Å². The minimum absolute atomic E-state index is 0.464. The smallest absolute Gasteiger partial charge is 0.00737 e. The van der Waals surface area contributed by atoms with Crippen molar-refractivity contribution < 1.29 is 0 Å². The van der Waals surface area contributed by atoms with E-state index in [1.54, 1.807) is 11.1 Å². The van der Waals surface area contributed by atoms with Crippen LogP contribution in [0, 0.1) is 11.3 Å². The third kappa shape index (κ3) is 7.52. The first-order chi connectivity index (χ1) is 18.7. The number of allylic oxidation sites excluding steroid dienone is 5. The summed E-state index contributed by atoms with van der Waals surface area (Å²) >= 11 is 0. The Labute approximate surface area is 242 Å². The predicted molar refractivity (Wildman–Crippen MR) is 177 cm³/mol. The molecule has 208 valence electrons. The van der Waals surface area contributed by atoms with Crippen molar-refractivity contribution in [1.82, 2.24) is 0 Å². The first-order valence-corrected chi connectivity index (χ1v) is 16.1. The second kappa shape index (κ2) is 13.5. The summed E-state index contributed by atoms with van der Waals surface area (Å²) in [4.78, 5) is 0. The van der Waals surface area contributed by atoms with Gasteiger partial charge < -0.3 is 0 Å². The van der Waals surface area contributed by atoms with Crippen LogP contribution in [0.1, 0.15) is 120 Å². The summed E-state index contributed by atoms with van der Waals surface area (Å²) in [6.07, 6.45) is 17.9. The molecule has 0 N–H and O–H groups in total. The summed E-state index contributed by atoms with van der Waals surface area (Å²) in [6, 6.07) is 16.7. The minimum atomic E-state index is 0.464. The third-order valence-corrected chi connectivity index (χ3v) is 9.67. The summed E-state index contributed by atoms with van der Waals surface area (Å²) in [6.45, 7) is 15.9. The van der Waals surface area contributed by atoms with Crippen LogP contribution in [0.2, 0.25) is 0 Å². The van der Waals surface area contributed by atoms with E-state index in [2.05, 4.69) is 99.0 Å². The molecule has 0 bridgehead atoms. The maximum atomic E-state index is 4.03. The monoisotopic (exact) mass is 538 g/mol. The lowest BCUT2D eigenvalue weighted by molar-refractivity contribution is 0.266. The van der Waals surface area contributed by atoms with Gasteiger partial charge in [-0.15, -0.1) is 9.24 Å². The maximum Gasteiger partial charge on any atom is -0.00737 e. The van der Waals surface area contributed by atoms with Crippen molar-refractivity contribution in [1.29, 1.82) is 0 Å². The first kappa shape index (κ1) is 29.8. The molecule has 0 aromatic heterocycles. The van der Waals surface area contributed by atoms with E-state index in [1.165, 1.54) is 89.2 Å². The topological polar surface area (TPSA) is 0 Å². The van der Waals surface area contributed by atoms with Crippen LogP contribution >= 0.6 is 9.24 Å². The number of hydrogen-bond acceptors (Lipinski definition) is 0. The SMILES string of the molecule is C=Cc1ccc2c(c1)CCCC(C1=C(C)C=C(P)CC1)=C2c1ccc(CC(CC)CCC(C)(C)CCC)cc1. The normalized spacial score (nSPS) is 17.0. The highest BCUT2D eigenvalue weighted by atomic mass is 31.0. The molecule has 0 nitrogen and oxygen atoms in total. The molecule has 4 rings (SSSR count). The second-order valence-corrected chi connectivity index (χ2v) is 13.6. The van der Waals surface area contributed by atoms with Gasteiger partial charge in [0.25, 0.3) is 0 Å². The van der Waals surface area contributed by atoms with Gasteiger partial charge in [-0.1, -0.05) is 107 Å². The zero-order chi connectivity index (χ0) is 28.0. The van der Waals surface area contributed by atoms with Gasteiger partial charge in [-0.05, 0) is 126 Å². The highest BCUT2D eigenvalue weighted by Crippen LogP contribution is 2.43. The van der Waals surface area contributed by atoms with Crippen LogP contribution in [0.4, 0.5) is 0 Å². The van der Waals surface area contributed by atoms with E-state index >= 15 is 0 Å². The molecule has 0 fully saturated rings. The Kier molecular flexibility index (Phi) is 10.3. The van der Waals surface area contributed by atoms with Gasteiger partial charge in [0.1, 0.15) is 0 Å². The molecule has 2 aliphatic carbocycles. The van der Waals surface area contributed by atoms with Crippen LogP contribution in [0.5, 0.6) is 0 Å². The summed E-state index contributed by atoms with van der Waals surface area (Å²) < 4.78 is 0. The van der Waals surface area contributed by atoms with Crippen LogP contribution < -0.4 is 0 Å². The number of benzene rings is 2. The van der Waals surface area contributed by atoms with Crippen molar-refractivity contribution in [2.45, 2.75) is 105 Å². The number of aryl methyl sites for hydroxylation is 1. The van der Waals surface area contributed by atoms with Gasteiger partial charge in [0.15, 0.2) is 0 Å². The molecule has 2 atom stereocenters. The molecule has 0 radical (unpaired) electrons. The van der Waals surface area contributed by atoms with Crippen LogP contribution in [0.25, 0.3) is 11.6 Å². The Morgan fingerprint density at radius 1 is 0.949 bits per heavy atom. The van der Waals surface area contributed by atoms with E-state index in [0.29, 0.717) is 5.41 Å². The molecule has 0 saturated heterocycles. The quantitative estimate of drug-likeness (QED) is 0.250. The van der Waals surface area contributed by atoms with Crippen LogP contribution in [0.3, 0.4) is 0 Å². The fourth-order valence-corrected chi connectivity index (χ4v) is 7.24. The first-order valence-electron chi connectivity index (χ1n) is 15.5. The van der Waals surface area contributed by atoms with Crippen molar-refractivity contribution in [3.63, 3.8) is 0 Å². The van der Waals surface area contributed by atoms with Gasteiger partial charge in [0.05, 0.1) is 0 Å². The molecular formula is C38H51P. The van der Waals surface area contributed by atoms with E-state index in [4.69, 9.17) is 0 Å². The molecule has 2 unspecified atom stereocenters. The van der Waals surface area contributed by atoms with Crippen molar-refractivity contribution in [2.24, 2.45) is 11.3 Å². The Morgan fingerprint density at radius 2 is 1.72 bits per heavy atom. The average Bonchev–Trinajstić information content (AvgIpc) is 3.10. The van der Waals surface area contributed by atoms with Crippen molar-refractivity contribution >= 4 is 20.9 Å². The molecule has 0 heterocycles. The van der Waals surface area contributed by atoms with Gasteiger partial charge in [-0.3, -0.25) is 0 Å². The van der Waals surface area contributed by atoms with E-state index in [-0.39, 0.29) is 0 Å². The molecule has 0 saturated carbocycles. The summed E-state index contributed by atoms with van der Waals surface area (Å²) in [5, 5.41) is 1.43. The maximum absolute atomic E-state index is 4.03. The standard InChI is InChI=1S/C38H51P/c1-7-22-38(5,6)23-21-29(9-3)25-30-13-16-31(17-14-30)37-35-19-15-28(8-2)26-32(35)11-10-12-36(37)34-20-18-33(39)24-27(34)4/h8,13-17,19,24,26,29H,2,7,9-12,18,20-23,25,39H2,1,3-6H3. The number of rotatable bonds is 11.